The van der Waals surface area contributed by atoms with Crippen LogP contribution < -0.4 is 0 Å². The standard InChI is InChI=1S/C40H24F4N4/c41-29-15-9-14-27(22-29)31-20-19-30(48-35-17-8-7-16-32(35)33-23-28(40(42,43)44)18-21-36(33)48)24-34(31)39-46-37(25-10-3-1-4-11-25)45-38(47-39)26-12-5-2-6-13-26/h1-24H. The van der Waals surface area contributed by atoms with Crippen LogP contribution in [0.25, 0.3) is 72.8 Å². The first-order chi connectivity index (χ1) is 23.3. The number of halogens is 4. The highest BCUT2D eigenvalue weighted by Gasteiger charge is 2.31. The lowest BCUT2D eigenvalue weighted by atomic mass is 9.98. The van der Waals surface area contributed by atoms with Crippen molar-refractivity contribution in [2.45, 2.75) is 6.18 Å². The molecular formula is C40H24F4N4. The van der Waals surface area contributed by atoms with Crippen molar-refractivity contribution in [1.82, 2.24) is 19.5 Å². The third-order valence-corrected chi connectivity index (χ3v) is 8.34. The Labute approximate surface area is 272 Å². The van der Waals surface area contributed by atoms with Crippen molar-refractivity contribution in [1.29, 1.82) is 0 Å². The minimum absolute atomic E-state index is 0.365. The van der Waals surface area contributed by atoms with Crippen molar-refractivity contribution in [2.24, 2.45) is 0 Å². The van der Waals surface area contributed by atoms with Gasteiger partial charge in [0.1, 0.15) is 5.82 Å². The SMILES string of the molecule is Fc1cccc(-c2ccc(-n3c4ccccc4c4cc(C(F)(F)F)ccc43)cc2-c2nc(-c3ccccc3)nc(-c3ccccc3)n2)c1. The van der Waals surface area contributed by atoms with Crippen LogP contribution in [0, 0.1) is 5.82 Å². The van der Waals surface area contributed by atoms with E-state index < -0.39 is 17.6 Å². The van der Waals surface area contributed by atoms with Gasteiger partial charge in [-0.25, -0.2) is 19.3 Å². The predicted molar refractivity (Wildman–Crippen MR) is 181 cm³/mol. The molecule has 0 aliphatic carbocycles. The molecule has 2 heterocycles. The number of alkyl halides is 3. The first-order valence-corrected chi connectivity index (χ1v) is 15.2. The number of fused-ring (bicyclic) bond motifs is 3. The summed E-state index contributed by atoms with van der Waals surface area (Å²) in [5.41, 5.74) is 4.81. The molecule has 0 atom stereocenters. The van der Waals surface area contributed by atoms with Crippen LogP contribution in [-0.2, 0) is 6.18 Å². The van der Waals surface area contributed by atoms with Gasteiger partial charge in [0.25, 0.3) is 0 Å². The maximum atomic E-state index is 14.6. The zero-order valence-corrected chi connectivity index (χ0v) is 25.2. The topological polar surface area (TPSA) is 43.6 Å². The van der Waals surface area contributed by atoms with E-state index in [-0.39, 0.29) is 0 Å². The Hall–Kier alpha value is -6.15. The van der Waals surface area contributed by atoms with Crippen molar-refractivity contribution >= 4 is 21.8 Å². The van der Waals surface area contributed by atoms with Crippen LogP contribution in [0.5, 0.6) is 0 Å². The second kappa shape index (κ2) is 11.6. The summed E-state index contributed by atoms with van der Waals surface area (Å²) in [6.07, 6.45) is -4.48. The molecule has 8 aromatic rings. The Morgan fingerprint density at radius 1 is 0.458 bits per heavy atom. The number of para-hydroxylation sites is 1. The van der Waals surface area contributed by atoms with Gasteiger partial charge in [-0.1, -0.05) is 97.1 Å². The van der Waals surface area contributed by atoms with Crippen molar-refractivity contribution in [2.75, 3.05) is 0 Å². The molecule has 0 unspecified atom stereocenters. The molecule has 0 amide bonds. The second-order valence-corrected chi connectivity index (χ2v) is 11.4. The Kier molecular flexibility index (Phi) is 7.06. The van der Waals surface area contributed by atoms with Gasteiger partial charge in [0.05, 0.1) is 16.6 Å². The van der Waals surface area contributed by atoms with Crippen molar-refractivity contribution < 1.29 is 17.6 Å². The summed E-state index contributed by atoms with van der Waals surface area (Å²) >= 11 is 0. The first-order valence-electron chi connectivity index (χ1n) is 15.2. The van der Waals surface area contributed by atoms with Gasteiger partial charge >= 0.3 is 6.18 Å². The number of aromatic nitrogens is 4. The zero-order valence-electron chi connectivity index (χ0n) is 25.2. The summed E-state index contributed by atoms with van der Waals surface area (Å²) in [4.78, 5) is 14.7. The number of hydrogen-bond acceptors (Lipinski definition) is 3. The smallest absolute Gasteiger partial charge is 0.309 e. The molecule has 0 radical (unpaired) electrons. The number of rotatable bonds is 5. The molecule has 0 saturated heterocycles. The third-order valence-electron chi connectivity index (χ3n) is 8.34. The summed E-state index contributed by atoms with van der Waals surface area (Å²) in [5.74, 6) is 0.901. The van der Waals surface area contributed by atoms with E-state index in [1.807, 2.05) is 114 Å². The highest BCUT2D eigenvalue weighted by Crippen LogP contribution is 2.39. The fourth-order valence-electron chi connectivity index (χ4n) is 6.12. The summed E-state index contributed by atoms with van der Waals surface area (Å²) < 4.78 is 57.9. The third kappa shape index (κ3) is 5.27. The molecule has 0 aliphatic rings. The zero-order chi connectivity index (χ0) is 32.8. The van der Waals surface area contributed by atoms with E-state index in [4.69, 9.17) is 15.0 Å². The highest BCUT2D eigenvalue weighted by molar-refractivity contribution is 6.09. The van der Waals surface area contributed by atoms with E-state index in [9.17, 15) is 17.6 Å². The average molecular weight is 637 g/mol. The predicted octanol–water partition coefficient (Wildman–Crippen LogP) is 10.8. The fraction of sp³-hybridized carbons (Fsp3) is 0.0250. The molecule has 2 aromatic heterocycles. The fourth-order valence-corrected chi connectivity index (χ4v) is 6.12. The van der Waals surface area contributed by atoms with Crippen LogP contribution in [-0.4, -0.2) is 19.5 Å². The van der Waals surface area contributed by atoms with Crippen LogP contribution in [0.3, 0.4) is 0 Å². The van der Waals surface area contributed by atoms with Crippen molar-refractivity contribution in [3.63, 3.8) is 0 Å². The van der Waals surface area contributed by atoms with Gasteiger partial charge in [0.2, 0.25) is 0 Å². The Morgan fingerprint density at radius 3 is 1.73 bits per heavy atom. The molecule has 8 rings (SSSR count). The molecule has 232 valence electrons. The molecule has 48 heavy (non-hydrogen) atoms. The quantitative estimate of drug-likeness (QED) is 0.177. The summed E-state index contributed by atoms with van der Waals surface area (Å²) in [6.45, 7) is 0. The van der Waals surface area contributed by atoms with Gasteiger partial charge in [-0.05, 0) is 59.7 Å². The maximum absolute atomic E-state index is 14.6. The van der Waals surface area contributed by atoms with E-state index in [0.29, 0.717) is 56.1 Å². The minimum atomic E-state index is -4.48. The van der Waals surface area contributed by atoms with Crippen LogP contribution in [0.4, 0.5) is 17.6 Å². The first kappa shape index (κ1) is 29.3. The van der Waals surface area contributed by atoms with Gasteiger partial charge in [0.15, 0.2) is 17.5 Å². The van der Waals surface area contributed by atoms with Gasteiger partial charge in [-0.3, -0.25) is 0 Å². The van der Waals surface area contributed by atoms with E-state index in [1.165, 1.54) is 24.3 Å². The monoisotopic (exact) mass is 636 g/mol. The largest absolute Gasteiger partial charge is 0.416 e. The molecule has 0 spiro atoms. The summed E-state index contributed by atoms with van der Waals surface area (Å²) in [5, 5.41) is 1.17. The molecule has 6 aromatic carbocycles. The van der Waals surface area contributed by atoms with Crippen LogP contribution >= 0.6 is 0 Å². The summed E-state index contributed by atoms with van der Waals surface area (Å²) in [7, 11) is 0. The van der Waals surface area contributed by atoms with E-state index in [2.05, 4.69) is 0 Å². The normalized spacial score (nSPS) is 11.8. The Morgan fingerprint density at radius 2 is 1.06 bits per heavy atom. The number of benzene rings is 6. The van der Waals surface area contributed by atoms with E-state index in [0.717, 1.165) is 22.7 Å². The molecule has 0 fully saturated rings. The number of hydrogen-bond donors (Lipinski definition) is 0. The minimum Gasteiger partial charge on any atom is -0.309 e. The molecule has 8 heteroatoms. The van der Waals surface area contributed by atoms with Gasteiger partial charge in [-0.2, -0.15) is 13.2 Å². The van der Waals surface area contributed by atoms with Crippen LogP contribution in [0.1, 0.15) is 5.56 Å². The van der Waals surface area contributed by atoms with Crippen LogP contribution in [0.2, 0.25) is 0 Å². The molecule has 4 nitrogen and oxygen atoms in total. The van der Waals surface area contributed by atoms with Crippen LogP contribution in [0.15, 0.2) is 146 Å². The van der Waals surface area contributed by atoms with E-state index >= 15 is 0 Å². The van der Waals surface area contributed by atoms with E-state index in [1.54, 1.807) is 6.07 Å². The van der Waals surface area contributed by atoms with Crippen molar-refractivity contribution in [3.8, 4) is 51.0 Å². The van der Waals surface area contributed by atoms with Crippen molar-refractivity contribution in [3.05, 3.63) is 157 Å². The lowest BCUT2D eigenvalue weighted by molar-refractivity contribution is -0.137. The second-order valence-electron chi connectivity index (χ2n) is 11.4. The molecule has 0 N–H and O–H groups in total. The Balaban J connectivity index is 1.42. The molecule has 0 bridgehead atoms. The lowest BCUT2D eigenvalue weighted by Gasteiger charge is -2.15. The molecule has 0 aliphatic heterocycles. The average Bonchev–Trinajstić information content (AvgIpc) is 3.45. The Bertz CT molecular complexity index is 2400. The molecule has 0 saturated carbocycles. The molecular weight excluding hydrogens is 612 g/mol. The summed E-state index contributed by atoms with van der Waals surface area (Å²) in [6, 6.07) is 42.3. The maximum Gasteiger partial charge on any atom is 0.416 e. The highest BCUT2D eigenvalue weighted by atomic mass is 19.4. The lowest BCUT2D eigenvalue weighted by Crippen LogP contribution is -2.04. The van der Waals surface area contributed by atoms with Gasteiger partial charge in [0, 0.05) is 33.2 Å². The van der Waals surface area contributed by atoms with Gasteiger partial charge < -0.3 is 4.57 Å². The number of nitrogens with zero attached hydrogens (tertiary/aromatic N) is 4. The van der Waals surface area contributed by atoms with Gasteiger partial charge in [-0.15, -0.1) is 0 Å².